The summed E-state index contributed by atoms with van der Waals surface area (Å²) in [4.78, 5) is 41.7. The fourth-order valence-corrected chi connectivity index (χ4v) is 4.85. The average molecular weight is 528 g/mol. The molecule has 1 unspecified atom stereocenters. The zero-order valence-corrected chi connectivity index (χ0v) is 21.8. The van der Waals surface area contributed by atoms with Gasteiger partial charge in [0.2, 0.25) is 5.88 Å². The Labute approximate surface area is 218 Å². The van der Waals surface area contributed by atoms with Crippen LogP contribution in [-0.4, -0.2) is 67.4 Å². The number of aromatic nitrogens is 3. The monoisotopic (exact) mass is 527 g/mol. The number of anilines is 3. The molecular weight excluding hydrogens is 498 g/mol. The van der Waals surface area contributed by atoms with Crippen LogP contribution in [0.1, 0.15) is 27.9 Å². The molecule has 196 valence electrons. The maximum absolute atomic E-state index is 12.8. The van der Waals surface area contributed by atoms with Crippen LogP contribution < -0.4 is 30.3 Å². The second-order valence-electron chi connectivity index (χ2n) is 8.27. The Morgan fingerprint density at radius 2 is 1.92 bits per heavy atom. The third kappa shape index (κ3) is 6.43. The molecule has 13 heteroatoms. The maximum atomic E-state index is 12.8. The fraction of sp³-hybridized carbons (Fsp3) is 0.375. The molecular formula is C24H29N7O5S. The molecule has 37 heavy (non-hydrogen) atoms. The number of methoxy groups -OCH3 is 3. The number of amides is 3. The summed E-state index contributed by atoms with van der Waals surface area (Å²) in [5, 5.41) is 8.86. The first-order chi connectivity index (χ1) is 17.9. The van der Waals surface area contributed by atoms with E-state index in [0.29, 0.717) is 54.2 Å². The van der Waals surface area contributed by atoms with Crippen LogP contribution in [0.5, 0.6) is 11.9 Å². The minimum atomic E-state index is -0.488. The van der Waals surface area contributed by atoms with Crippen LogP contribution in [0.25, 0.3) is 0 Å². The first kappa shape index (κ1) is 26.1. The number of para-hydroxylation sites is 1. The zero-order valence-electron chi connectivity index (χ0n) is 21.0. The van der Waals surface area contributed by atoms with Gasteiger partial charge < -0.3 is 29.7 Å². The second-order valence-corrected chi connectivity index (χ2v) is 9.35. The van der Waals surface area contributed by atoms with E-state index < -0.39 is 6.03 Å². The average Bonchev–Trinajstić information content (AvgIpc) is 3.29. The molecule has 3 N–H and O–H groups in total. The van der Waals surface area contributed by atoms with E-state index in [1.807, 2.05) is 6.92 Å². The van der Waals surface area contributed by atoms with Gasteiger partial charge >= 0.3 is 12.0 Å². The summed E-state index contributed by atoms with van der Waals surface area (Å²) in [6.07, 6.45) is 0.687. The molecule has 3 aromatic rings. The van der Waals surface area contributed by atoms with Crippen molar-refractivity contribution in [2.75, 3.05) is 50.0 Å². The molecule has 0 saturated carbocycles. The number of rotatable bonds is 9. The van der Waals surface area contributed by atoms with Crippen molar-refractivity contribution in [3.05, 3.63) is 46.5 Å². The van der Waals surface area contributed by atoms with Crippen molar-refractivity contribution >= 4 is 39.9 Å². The van der Waals surface area contributed by atoms with Crippen molar-refractivity contribution in [3.8, 4) is 11.9 Å². The fourth-order valence-electron chi connectivity index (χ4n) is 3.83. The van der Waals surface area contributed by atoms with Gasteiger partial charge in [0.15, 0.2) is 5.13 Å². The molecule has 0 saturated heterocycles. The van der Waals surface area contributed by atoms with Crippen molar-refractivity contribution < 1.29 is 23.8 Å². The third-order valence-electron chi connectivity index (χ3n) is 5.55. The highest BCUT2D eigenvalue weighted by Gasteiger charge is 2.24. The van der Waals surface area contributed by atoms with E-state index in [-0.39, 0.29) is 18.0 Å². The minimum absolute atomic E-state index is 0.176. The first-order valence-corrected chi connectivity index (χ1v) is 12.4. The molecule has 0 spiro atoms. The highest BCUT2D eigenvalue weighted by atomic mass is 32.1. The molecule has 1 aliphatic rings. The van der Waals surface area contributed by atoms with Crippen molar-refractivity contribution in [2.24, 2.45) is 0 Å². The van der Waals surface area contributed by atoms with E-state index in [1.54, 1.807) is 44.6 Å². The third-order valence-corrected chi connectivity index (χ3v) is 6.55. The van der Waals surface area contributed by atoms with E-state index in [1.165, 1.54) is 18.4 Å². The maximum Gasteiger partial charge on any atom is 0.325 e. The van der Waals surface area contributed by atoms with Gasteiger partial charge in [-0.1, -0.05) is 23.5 Å². The van der Waals surface area contributed by atoms with Crippen LogP contribution in [0.15, 0.2) is 30.3 Å². The molecule has 1 aromatic carbocycles. The van der Waals surface area contributed by atoms with E-state index in [2.05, 4.69) is 35.8 Å². The summed E-state index contributed by atoms with van der Waals surface area (Å²) < 4.78 is 15.5. The standard InChI is InChI=1S/C24H29N7O5S/c1-14(13-34-2)25-21(32)15-7-5-6-8-16(15)26-22(33)30-24-27-17-9-10-31(12-18(17)37-24)19-11-20(35-3)29-23(28-19)36-4/h5-8,11,14H,9-10,12-13H2,1-4H3,(H,25,32)(H2,26,27,30,33). The van der Waals surface area contributed by atoms with Crippen LogP contribution in [0, 0.1) is 0 Å². The van der Waals surface area contributed by atoms with Crippen LogP contribution in [0.3, 0.4) is 0 Å². The molecule has 0 fully saturated rings. The first-order valence-electron chi connectivity index (χ1n) is 11.6. The highest BCUT2D eigenvalue weighted by molar-refractivity contribution is 7.15. The number of benzene rings is 1. The van der Waals surface area contributed by atoms with Crippen molar-refractivity contribution in [1.29, 1.82) is 0 Å². The van der Waals surface area contributed by atoms with E-state index >= 15 is 0 Å². The predicted molar refractivity (Wildman–Crippen MR) is 140 cm³/mol. The van der Waals surface area contributed by atoms with Gasteiger partial charge in [-0.15, -0.1) is 0 Å². The quantitative estimate of drug-likeness (QED) is 0.383. The lowest BCUT2D eigenvalue weighted by atomic mass is 10.1. The zero-order chi connectivity index (χ0) is 26.4. The lowest BCUT2D eigenvalue weighted by molar-refractivity contribution is 0.0906. The Hall–Kier alpha value is -3.97. The molecule has 1 atom stereocenters. The van der Waals surface area contributed by atoms with Crippen LogP contribution in [0.4, 0.5) is 21.4 Å². The second kappa shape index (κ2) is 11.8. The van der Waals surface area contributed by atoms with Crippen LogP contribution >= 0.6 is 11.3 Å². The van der Waals surface area contributed by atoms with Gasteiger partial charge in [0.1, 0.15) is 5.82 Å². The van der Waals surface area contributed by atoms with Crippen LogP contribution in [0.2, 0.25) is 0 Å². The number of fused-ring (bicyclic) bond motifs is 1. The van der Waals surface area contributed by atoms with Crippen molar-refractivity contribution in [2.45, 2.75) is 25.9 Å². The predicted octanol–water partition coefficient (Wildman–Crippen LogP) is 2.92. The number of hydrogen-bond acceptors (Lipinski definition) is 10. The number of thiazole rings is 1. The molecule has 3 heterocycles. The SMILES string of the molecule is COCC(C)NC(=O)c1ccccc1NC(=O)Nc1nc2c(s1)CN(c1cc(OC)nc(OC)n1)CC2. The number of ether oxygens (including phenoxy) is 3. The Morgan fingerprint density at radius 1 is 1.11 bits per heavy atom. The summed E-state index contributed by atoms with van der Waals surface area (Å²) in [5.41, 5.74) is 1.67. The van der Waals surface area contributed by atoms with Crippen molar-refractivity contribution in [3.63, 3.8) is 0 Å². The molecule has 3 amide bonds. The number of urea groups is 1. The Balaban J connectivity index is 1.42. The van der Waals surface area contributed by atoms with Crippen LogP contribution in [-0.2, 0) is 17.7 Å². The van der Waals surface area contributed by atoms with Gasteiger partial charge in [-0.3, -0.25) is 10.1 Å². The van der Waals surface area contributed by atoms with E-state index in [9.17, 15) is 9.59 Å². The van der Waals surface area contributed by atoms with Gasteiger partial charge in [0.05, 0.1) is 44.3 Å². The summed E-state index contributed by atoms with van der Waals surface area (Å²) >= 11 is 1.39. The van der Waals surface area contributed by atoms with Gasteiger partial charge in [-0.25, -0.2) is 9.78 Å². The Kier molecular flexibility index (Phi) is 8.36. The topological polar surface area (TPSA) is 140 Å². The van der Waals surface area contributed by atoms with E-state index in [4.69, 9.17) is 14.2 Å². The van der Waals surface area contributed by atoms with Gasteiger partial charge in [0, 0.05) is 37.1 Å². The summed E-state index contributed by atoms with van der Waals surface area (Å²) in [6.45, 7) is 3.48. The van der Waals surface area contributed by atoms with Gasteiger partial charge in [-0.05, 0) is 19.1 Å². The number of carbonyl (C=O) groups excluding carboxylic acids is 2. The molecule has 0 aliphatic carbocycles. The number of nitrogens with zero attached hydrogens (tertiary/aromatic N) is 4. The largest absolute Gasteiger partial charge is 0.481 e. The highest BCUT2D eigenvalue weighted by Crippen LogP contribution is 2.31. The summed E-state index contributed by atoms with van der Waals surface area (Å²) in [6, 6.07) is 8.13. The normalized spacial score (nSPS) is 13.4. The molecule has 2 aromatic heterocycles. The van der Waals surface area contributed by atoms with Gasteiger partial charge in [-0.2, -0.15) is 9.97 Å². The van der Waals surface area contributed by atoms with Gasteiger partial charge in [0.25, 0.3) is 5.91 Å². The lowest BCUT2D eigenvalue weighted by Crippen LogP contribution is -2.36. The Bertz CT molecular complexity index is 1250. The minimum Gasteiger partial charge on any atom is -0.481 e. The molecule has 4 rings (SSSR count). The molecule has 0 bridgehead atoms. The van der Waals surface area contributed by atoms with E-state index in [0.717, 1.165) is 10.6 Å². The molecule has 0 radical (unpaired) electrons. The lowest BCUT2D eigenvalue weighted by Gasteiger charge is -2.27. The Morgan fingerprint density at radius 3 is 2.68 bits per heavy atom. The number of hydrogen-bond donors (Lipinski definition) is 3. The molecule has 1 aliphatic heterocycles. The smallest absolute Gasteiger partial charge is 0.325 e. The summed E-state index contributed by atoms with van der Waals surface area (Å²) in [5.74, 6) is 0.797. The van der Waals surface area contributed by atoms with Crippen molar-refractivity contribution in [1.82, 2.24) is 20.3 Å². The molecule has 12 nitrogen and oxygen atoms in total. The number of carbonyl (C=O) groups is 2. The summed E-state index contributed by atoms with van der Waals surface area (Å²) in [7, 11) is 4.62. The number of nitrogens with one attached hydrogen (secondary N) is 3.